The molecule has 0 radical (unpaired) electrons. The van der Waals surface area contributed by atoms with E-state index in [4.69, 9.17) is 0 Å². The standard InChI is InChI=1S/C12H14N6O2S/c1-20-11(19)9-6-14-10(7-13-9)21-12-15-16-17-18(12)8-4-2-3-5-8/h6-8H,2-5H2,1H3. The van der Waals surface area contributed by atoms with Crippen LogP contribution in [0.2, 0.25) is 0 Å². The number of esters is 1. The Balaban J connectivity index is 1.75. The molecule has 0 atom stereocenters. The van der Waals surface area contributed by atoms with Gasteiger partial charge in [-0.2, -0.15) is 0 Å². The highest BCUT2D eigenvalue weighted by atomic mass is 32.2. The average Bonchev–Trinajstić information content (AvgIpc) is 3.18. The second-order valence-corrected chi connectivity index (χ2v) is 5.67. The Kier molecular flexibility index (Phi) is 4.09. The zero-order valence-corrected chi connectivity index (χ0v) is 12.3. The van der Waals surface area contributed by atoms with Crippen molar-refractivity contribution in [1.29, 1.82) is 0 Å². The summed E-state index contributed by atoms with van der Waals surface area (Å²) in [7, 11) is 1.31. The van der Waals surface area contributed by atoms with Crippen LogP contribution in [-0.2, 0) is 4.74 Å². The van der Waals surface area contributed by atoms with E-state index < -0.39 is 5.97 Å². The summed E-state index contributed by atoms with van der Waals surface area (Å²) in [6.45, 7) is 0. The van der Waals surface area contributed by atoms with Gasteiger partial charge in [-0.15, -0.1) is 5.10 Å². The monoisotopic (exact) mass is 306 g/mol. The molecule has 1 saturated carbocycles. The largest absolute Gasteiger partial charge is 0.464 e. The second kappa shape index (κ2) is 6.17. The van der Waals surface area contributed by atoms with Crippen molar-refractivity contribution < 1.29 is 9.53 Å². The normalized spacial score (nSPS) is 15.3. The van der Waals surface area contributed by atoms with E-state index in [1.807, 2.05) is 4.68 Å². The van der Waals surface area contributed by atoms with Crippen LogP contribution >= 0.6 is 11.8 Å². The van der Waals surface area contributed by atoms with Gasteiger partial charge in [-0.1, -0.05) is 12.8 Å². The quantitative estimate of drug-likeness (QED) is 0.784. The average molecular weight is 306 g/mol. The highest BCUT2D eigenvalue weighted by Crippen LogP contribution is 2.32. The Bertz CT molecular complexity index is 623. The number of carbonyl (C=O) groups excluding carboxylic acids is 1. The van der Waals surface area contributed by atoms with E-state index in [1.165, 1.54) is 44.1 Å². The van der Waals surface area contributed by atoms with Crippen molar-refractivity contribution in [2.24, 2.45) is 0 Å². The van der Waals surface area contributed by atoms with E-state index >= 15 is 0 Å². The summed E-state index contributed by atoms with van der Waals surface area (Å²) in [6.07, 6.45) is 7.53. The molecule has 21 heavy (non-hydrogen) atoms. The number of nitrogens with zero attached hydrogens (tertiary/aromatic N) is 6. The zero-order valence-electron chi connectivity index (χ0n) is 11.5. The molecule has 0 saturated heterocycles. The number of ether oxygens (including phenoxy) is 1. The van der Waals surface area contributed by atoms with Crippen LogP contribution in [0.3, 0.4) is 0 Å². The Labute approximate surface area is 125 Å². The molecule has 2 aromatic rings. The third-order valence-electron chi connectivity index (χ3n) is 3.35. The van der Waals surface area contributed by atoms with Crippen molar-refractivity contribution >= 4 is 17.7 Å². The second-order valence-electron chi connectivity index (χ2n) is 4.68. The Hall–Kier alpha value is -2.03. The fourth-order valence-corrected chi connectivity index (χ4v) is 3.06. The van der Waals surface area contributed by atoms with Crippen molar-refractivity contribution in [2.45, 2.75) is 41.9 Å². The highest BCUT2D eigenvalue weighted by molar-refractivity contribution is 7.99. The summed E-state index contributed by atoms with van der Waals surface area (Å²) in [4.78, 5) is 19.5. The van der Waals surface area contributed by atoms with Gasteiger partial charge in [0.25, 0.3) is 0 Å². The summed E-state index contributed by atoms with van der Waals surface area (Å²) in [5.74, 6) is -0.505. The van der Waals surface area contributed by atoms with Crippen LogP contribution in [0.1, 0.15) is 42.2 Å². The Morgan fingerprint density at radius 3 is 2.81 bits per heavy atom. The molecule has 3 rings (SSSR count). The Morgan fingerprint density at radius 1 is 1.33 bits per heavy atom. The molecule has 8 nitrogen and oxygen atoms in total. The molecule has 0 aromatic carbocycles. The maximum Gasteiger partial charge on any atom is 0.358 e. The fraction of sp³-hybridized carbons (Fsp3) is 0.500. The van der Waals surface area contributed by atoms with Gasteiger partial charge in [-0.3, -0.25) is 0 Å². The van der Waals surface area contributed by atoms with Crippen molar-refractivity contribution in [3.63, 3.8) is 0 Å². The van der Waals surface area contributed by atoms with Gasteiger partial charge in [0.05, 0.1) is 25.5 Å². The SMILES string of the molecule is COC(=O)c1cnc(Sc2nnnn2C2CCCC2)cn1. The third kappa shape index (κ3) is 3.02. The van der Waals surface area contributed by atoms with Gasteiger partial charge in [0.15, 0.2) is 5.69 Å². The first-order valence-corrected chi connectivity index (χ1v) is 7.45. The molecular weight excluding hydrogens is 292 g/mol. The van der Waals surface area contributed by atoms with E-state index in [-0.39, 0.29) is 5.69 Å². The molecule has 110 valence electrons. The summed E-state index contributed by atoms with van der Waals surface area (Å²) in [5.41, 5.74) is 0.178. The number of carbonyl (C=O) groups is 1. The van der Waals surface area contributed by atoms with Gasteiger partial charge in [0.2, 0.25) is 5.16 Å². The molecule has 0 N–H and O–H groups in total. The molecule has 0 unspecified atom stereocenters. The van der Waals surface area contributed by atoms with Gasteiger partial charge in [0, 0.05) is 0 Å². The van der Waals surface area contributed by atoms with Crippen LogP contribution in [0.4, 0.5) is 0 Å². The van der Waals surface area contributed by atoms with Crippen molar-refractivity contribution in [1.82, 2.24) is 30.2 Å². The van der Waals surface area contributed by atoms with E-state index in [1.54, 1.807) is 0 Å². The molecule has 0 amide bonds. The number of hydrogen-bond acceptors (Lipinski definition) is 8. The van der Waals surface area contributed by atoms with Crippen LogP contribution in [0, 0.1) is 0 Å². The topological polar surface area (TPSA) is 95.7 Å². The first kappa shape index (κ1) is 13.9. The van der Waals surface area contributed by atoms with Crippen molar-refractivity contribution in [2.75, 3.05) is 7.11 Å². The third-order valence-corrected chi connectivity index (χ3v) is 4.22. The molecule has 9 heteroatoms. The zero-order chi connectivity index (χ0) is 14.7. The van der Waals surface area contributed by atoms with Crippen molar-refractivity contribution in [3.8, 4) is 0 Å². The van der Waals surface area contributed by atoms with Crippen LogP contribution in [0.15, 0.2) is 22.6 Å². The molecular formula is C12H14N6O2S. The fourth-order valence-electron chi connectivity index (χ4n) is 2.30. The molecule has 2 heterocycles. The van der Waals surface area contributed by atoms with Crippen molar-refractivity contribution in [3.05, 3.63) is 18.1 Å². The van der Waals surface area contributed by atoms with E-state index in [9.17, 15) is 4.79 Å². The minimum atomic E-state index is -0.505. The highest BCUT2D eigenvalue weighted by Gasteiger charge is 2.22. The first-order chi connectivity index (χ1) is 10.3. The summed E-state index contributed by atoms with van der Waals surface area (Å²) < 4.78 is 6.44. The molecule has 0 bridgehead atoms. The van der Waals surface area contributed by atoms with Crippen LogP contribution in [0.25, 0.3) is 0 Å². The number of methoxy groups -OCH3 is 1. The summed E-state index contributed by atoms with van der Waals surface area (Å²) >= 11 is 1.34. The lowest BCUT2D eigenvalue weighted by atomic mass is 10.3. The molecule has 1 fully saturated rings. The number of tetrazole rings is 1. The summed E-state index contributed by atoms with van der Waals surface area (Å²) in [6, 6.07) is 0.366. The minimum Gasteiger partial charge on any atom is -0.464 e. The molecule has 1 aliphatic carbocycles. The van der Waals surface area contributed by atoms with E-state index in [2.05, 4.69) is 30.2 Å². The van der Waals surface area contributed by atoms with E-state index in [0.29, 0.717) is 16.2 Å². The van der Waals surface area contributed by atoms with Gasteiger partial charge < -0.3 is 4.74 Å². The predicted octanol–water partition coefficient (Wildman–Crippen LogP) is 1.52. The lowest BCUT2D eigenvalue weighted by Crippen LogP contribution is -2.08. The van der Waals surface area contributed by atoms with Gasteiger partial charge in [0.1, 0.15) is 5.03 Å². The van der Waals surface area contributed by atoms with Gasteiger partial charge in [-0.25, -0.2) is 19.4 Å². The lowest BCUT2D eigenvalue weighted by Gasteiger charge is -2.10. The lowest BCUT2D eigenvalue weighted by molar-refractivity contribution is 0.0593. The number of hydrogen-bond donors (Lipinski definition) is 0. The van der Waals surface area contributed by atoms with Gasteiger partial charge in [-0.05, 0) is 35.0 Å². The number of aromatic nitrogens is 6. The first-order valence-electron chi connectivity index (χ1n) is 6.64. The van der Waals surface area contributed by atoms with Crippen LogP contribution in [-0.4, -0.2) is 43.3 Å². The minimum absolute atomic E-state index is 0.178. The molecule has 2 aromatic heterocycles. The maximum atomic E-state index is 11.3. The molecule has 1 aliphatic rings. The predicted molar refractivity (Wildman–Crippen MR) is 72.8 cm³/mol. The van der Waals surface area contributed by atoms with Crippen LogP contribution < -0.4 is 0 Å². The maximum absolute atomic E-state index is 11.3. The van der Waals surface area contributed by atoms with Crippen LogP contribution in [0.5, 0.6) is 0 Å². The van der Waals surface area contributed by atoms with E-state index in [0.717, 1.165) is 12.8 Å². The molecule has 0 spiro atoms. The van der Waals surface area contributed by atoms with Gasteiger partial charge >= 0.3 is 5.97 Å². The molecule has 0 aliphatic heterocycles. The smallest absolute Gasteiger partial charge is 0.358 e. The number of rotatable bonds is 4. The summed E-state index contributed by atoms with van der Waals surface area (Å²) in [5, 5.41) is 13.2. The Morgan fingerprint density at radius 2 is 2.14 bits per heavy atom.